The summed E-state index contributed by atoms with van der Waals surface area (Å²) in [5, 5.41) is 0. The molecule has 0 aliphatic heterocycles. The molecule has 0 spiro atoms. The van der Waals surface area contributed by atoms with Crippen LogP contribution in [-0.4, -0.2) is 24.2 Å². The molecule has 0 N–H and O–H groups in total. The Hall–Kier alpha value is -0.700. The Morgan fingerprint density at radius 1 is 0.533 bits per heavy atom. The van der Waals surface area contributed by atoms with Crippen LogP contribution in [-0.2, 0) is 0 Å². The first-order valence-corrected chi connectivity index (χ1v) is 3.10. The minimum atomic E-state index is -6.67. The Balaban J connectivity index is 5.26. The Morgan fingerprint density at radius 3 is 0.867 bits per heavy atom. The van der Waals surface area contributed by atoms with E-state index in [1.54, 1.807) is 0 Å². The lowest BCUT2D eigenvalue weighted by Gasteiger charge is -2.30. The van der Waals surface area contributed by atoms with Crippen LogP contribution in [0.4, 0.5) is 43.9 Å². The summed E-state index contributed by atoms with van der Waals surface area (Å²) in [5.41, 5.74) is -6.27. The van der Waals surface area contributed by atoms with Crippen molar-refractivity contribution in [1.82, 2.24) is 0 Å². The van der Waals surface area contributed by atoms with Crippen molar-refractivity contribution in [1.29, 1.82) is 0 Å². The molecule has 0 fully saturated rings. The smallest absolute Gasteiger partial charge is 0.223 e. The summed E-state index contributed by atoms with van der Waals surface area (Å²) in [6, 6.07) is 0. The predicted molar refractivity (Wildman–Crippen MR) is 26.6 cm³/mol. The number of hydrogen-bond donors (Lipinski definition) is 0. The zero-order valence-corrected chi connectivity index (χ0v) is 6.49. The van der Waals surface area contributed by atoms with Crippen molar-refractivity contribution < 1.29 is 43.9 Å². The maximum absolute atomic E-state index is 12.3. The molecule has 0 saturated carbocycles. The molecule has 92 valence electrons. The van der Waals surface area contributed by atoms with Gasteiger partial charge in [0, 0.05) is 0 Å². The highest BCUT2D eigenvalue weighted by Crippen LogP contribution is 2.51. The van der Waals surface area contributed by atoms with Crippen LogP contribution >= 0.6 is 0 Å². The van der Waals surface area contributed by atoms with Crippen LogP contribution in [0.5, 0.6) is 0 Å². The summed E-state index contributed by atoms with van der Waals surface area (Å²) >= 11 is 0. The van der Waals surface area contributed by atoms with Gasteiger partial charge in [-0.2, -0.15) is 39.5 Å². The number of rotatable bonds is 1. The van der Waals surface area contributed by atoms with Crippen molar-refractivity contribution in [2.45, 2.75) is 30.6 Å². The molecule has 0 atom stereocenters. The summed E-state index contributed by atoms with van der Waals surface area (Å²) < 4.78 is 116. The summed E-state index contributed by atoms with van der Waals surface area (Å²) in [5.74, 6) is 0. The van der Waals surface area contributed by atoms with Gasteiger partial charge in [0.15, 0.2) is 0 Å². The van der Waals surface area contributed by atoms with E-state index in [2.05, 4.69) is 0 Å². The van der Waals surface area contributed by atoms with E-state index in [9.17, 15) is 43.9 Å². The zero-order valence-electron chi connectivity index (χ0n) is 6.49. The second-order valence-corrected chi connectivity index (χ2v) is 2.59. The second kappa shape index (κ2) is 3.41. The Bertz CT molecular complexity index is 201. The molecule has 0 heterocycles. The first-order chi connectivity index (χ1) is 6.21. The average molecular weight is 252 g/mol. The van der Waals surface area contributed by atoms with E-state index in [0.717, 1.165) is 0 Å². The van der Waals surface area contributed by atoms with E-state index in [1.807, 2.05) is 0 Å². The van der Waals surface area contributed by atoms with Crippen molar-refractivity contribution >= 4 is 0 Å². The first kappa shape index (κ1) is 14.3. The molecule has 0 unspecified atom stereocenters. The molecule has 0 radical (unpaired) electrons. The van der Waals surface area contributed by atoms with E-state index in [-0.39, 0.29) is 0 Å². The van der Waals surface area contributed by atoms with Crippen LogP contribution in [0.1, 0.15) is 6.42 Å². The van der Waals surface area contributed by atoms with Gasteiger partial charge in [-0.05, 0) is 0 Å². The zero-order chi connectivity index (χ0) is 12.7. The van der Waals surface area contributed by atoms with Gasteiger partial charge in [-0.1, -0.05) is 0 Å². The van der Waals surface area contributed by atoms with Crippen LogP contribution in [0.3, 0.4) is 0 Å². The van der Waals surface area contributed by atoms with Crippen LogP contribution in [0.25, 0.3) is 0 Å². The standard InChI is InChI=1S/C5H2F10/c6-2(4(10,11)12,5(13,14)15)1-3(7,8)9/h1H2. The van der Waals surface area contributed by atoms with Gasteiger partial charge in [-0.25, -0.2) is 4.39 Å². The molecule has 0 saturated heterocycles. The van der Waals surface area contributed by atoms with Gasteiger partial charge in [0.25, 0.3) is 0 Å². The molecule has 0 aliphatic carbocycles. The maximum atomic E-state index is 12.3. The molecule has 0 nitrogen and oxygen atoms in total. The Morgan fingerprint density at radius 2 is 0.800 bits per heavy atom. The van der Waals surface area contributed by atoms with Crippen molar-refractivity contribution in [2.75, 3.05) is 0 Å². The molecule has 10 heteroatoms. The Kier molecular flexibility index (Phi) is 3.25. The molecule has 0 aliphatic rings. The van der Waals surface area contributed by atoms with Gasteiger partial charge in [-0.3, -0.25) is 0 Å². The molecule has 0 bridgehead atoms. The normalized spacial score (nSPS) is 15.6. The molecule has 0 aromatic heterocycles. The van der Waals surface area contributed by atoms with Gasteiger partial charge >= 0.3 is 24.2 Å². The topological polar surface area (TPSA) is 0 Å². The first-order valence-electron chi connectivity index (χ1n) is 3.10. The van der Waals surface area contributed by atoms with E-state index < -0.39 is 30.6 Å². The largest absolute Gasteiger partial charge is 0.431 e. The average Bonchev–Trinajstić information content (AvgIpc) is 1.77. The van der Waals surface area contributed by atoms with Crippen molar-refractivity contribution in [3.8, 4) is 0 Å². The summed E-state index contributed by atoms with van der Waals surface area (Å²) in [6.45, 7) is 0. The van der Waals surface area contributed by atoms with Gasteiger partial charge < -0.3 is 0 Å². The highest BCUT2D eigenvalue weighted by Gasteiger charge is 2.75. The van der Waals surface area contributed by atoms with Crippen LogP contribution in [0, 0.1) is 0 Å². The molecule has 0 amide bonds. The van der Waals surface area contributed by atoms with Gasteiger partial charge in [0.2, 0.25) is 0 Å². The lowest BCUT2D eigenvalue weighted by Crippen LogP contribution is -2.55. The highest BCUT2D eigenvalue weighted by molar-refractivity contribution is 4.96. The van der Waals surface area contributed by atoms with Crippen LogP contribution in [0.15, 0.2) is 0 Å². The van der Waals surface area contributed by atoms with Gasteiger partial charge in [-0.15, -0.1) is 0 Å². The van der Waals surface area contributed by atoms with E-state index >= 15 is 0 Å². The molecule has 0 aromatic rings. The molecule has 0 aromatic carbocycles. The number of halogens is 10. The minimum absolute atomic E-state index is 3.65. The minimum Gasteiger partial charge on any atom is -0.223 e. The monoisotopic (exact) mass is 252 g/mol. The third-order valence-electron chi connectivity index (χ3n) is 1.34. The summed E-state index contributed by atoms with van der Waals surface area (Å²) in [6.07, 6.45) is -22.9. The number of hydrogen-bond acceptors (Lipinski definition) is 0. The van der Waals surface area contributed by atoms with E-state index in [4.69, 9.17) is 0 Å². The van der Waals surface area contributed by atoms with Gasteiger partial charge in [0.05, 0.1) is 6.42 Å². The lowest BCUT2D eigenvalue weighted by atomic mass is 10.0. The van der Waals surface area contributed by atoms with Crippen molar-refractivity contribution in [3.05, 3.63) is 0 Å². The maximum Gasteiger partial charge on any atom is 0.431 e. The van der Waals surface area contributed by atoms with Gasteiger partial charge in [0.1, 0.15) is 0 Å². The predicted octanol–water partition coefficient (Wildman–Crippen LogP) is 3.77. The SMILES string of the molecule is FC(F)(F)CC(F)(C(F)(F)F)C(F)(F)F. The van der Waals surface area contributed by atoms with Crippen molar-refractivity contribution in [2.24, 2.45) is 0 Å². The quantitative estimate of drug-likeness (QED) is 0.623. The van der Waals surface area contributed by atoms with Crippen LogP contribution in [0.2, 0.25) is 0 Å². The van der Waals surface area contributed by atoms with E-state index in [1.165, 1.54) is 0 Å². The Labute approximate surface area is 75.9 Å². The molecular weight excluding hydrogens is 250 g/mol. The highest BCUT2D eigenvalue weighted by atomic mass is 19.4. The fourth-order valence-electron chi connectivity index (χ4n) is 0.637. The van der Waals surface area contributed by atoms with Crippen LogP contribution < -0.4 is 0 Å². The lowest BCUT2D eigenvalue weighted by molar-refractivity contribution is -0.362. The number of alkyl halides is 10. The third kappa shape index (κ3) is 3.13. The fourth-order valence-corrected chi connectivity index (χ4v) is 0.637. The summed E-state index contributed by atoms with van der Waals surface area (Å²) in [7, 11) is 0. The van der Waals surface area contributed by atoms with Crippen molar-refractivity contribution in [3.63, 3.8) is 0 Å². The third-order valence-corrected chi connectivity index (χ3v) is 1.34. The molecular formula is C5H2F10. The fraction of sp³-hybridized carbons (Fsp3) is 1.00. The summed E-state index contributed by atoms with van der Waals surface area (Å²) in [4.78, 5) is 0. The van der Waals surface area contributed by atoms with E-state index in [0.29, 0.717) is 0 Å². The molecule has 15 heavy (non-hydrogen) atoms. The second-order valence-electron chi connectivity index (χ2n) is 2.59. The molecule has 0 rings (SSSR count).